The van der Waals surface area contributed by atoms with Crippen molar-refractivity contribution in [2.24, 2.45) is 11.3 Å². The minimum atomic E-state index is 0.541. The molecule has 1 spiro atoms. The Morgan fingerprint density at radius 1 is 1.43 bits per heavy atom. The van der Waals surface area contributed by atoms with Crippen molar-refractivity contribution < 1.29 is 4.74 Å². The molecular weight excluding hydrogens is 174 g/mol. The highest BCUT2D eigenvalue weighted by Crippen LogP contribution is 2.43. The molecule has 2 atom stereocenters. The Morgan fingerprint density at radius 3 is 3.07 bits per heavy atom. The van der Waals surface area contributed by atoms with E-state index in [2.05, 4.69) is 12.2 Å². The maximum Gasteiger partial charge on any atom is 0.0526 e. The largest absolute Gasteiger partial charge is 0.381 e. The molecule has 82 valence electrons. The summed E-state index contributed by atoms with van der Waals surface area (Å²) < 4.78 is 5.71. The molecule has 2 saturated heterocycles. The molecule has 2 nitrogen and oxygen atoms in total. The molecule has 0 amide bonds. The fraction of sp³-hybridized carbons (Fsp3) is 1.00. The molecule has 0 aliphatic carbocycles. The lowest BCUT2D eigenvalue weighted by molar-refractivity contribution is -0.0596. The van der Waals surface area contributed by atoms with Gasteiger partial charge in [0.05, 0.1) is 6.61 Å². The molecule has 14 heavy (non-hydrogen) atoms. The van der Waals surface area contributed by atoms with Crippen molar-refractivity contribution in [2.75, 3.05) is 26.3 Å². The van der Waals surface area contributed by atoms with Gasteiger partial charge in [0, 0.05) is 6.61 Å². The molecular formula is C12H23NO. The molecule has 2 unspecified atom stereocenters. The van der Waals surface area contributed by atoms with Crippen LogP contribution in [0.4, 0.5) is 0 Å². The van der Waals surface area contributed by atoms with Crippen LogP contribution < -0.4 is 5.32 Å². The fourth-order valence-corrected chi connectivity index (χ4v) is 3.18. The molecule has 2 fully saturated rings. The van der Waals surface area contributed by atoms with E-state index in [0.29, 0.717) is 5.41 Å². The first-order chi connectivity index (χ1) is 6.87. The lowest BCUT2D eigenvalue weighted by Gasteiger charge is -2.46. The van der Waals surface area contributed by atoms with Crippen molar-refractivity contribution in [3.8, 4) is 0 Å². The van der Waals surface area contributed by atoms with Gasteiger partial charge in [0.1, 0.15) is 0 Å². The van der Waals surface area contributed by atoms with Gasteiger partial charge in [-0.3, -0.25) is 0 Å². The Hall–Kier alpha value is -0.0800. The van der Waals surface area contributed by atoms with Crippen molar-refractivity contribution in [3.05, 3.63) is 0 Å². The van der Waals surface area contributed by atoms with Crippen LogP contribution in [0.15, 0.2) is 0 Å². The molecule has 2 rings (SSSR count). The van der Waals surface area contributed by atoms with Crippen LogP contribution in [-0.2, 0) is 4.74 Å². The van der Waals surface area contributed by atoms with Crippen molar-refractivity contribution in [3.63, 3.8) is 0 Å². The topological polar surface area (TPSA) is 21.3 Å². The predicted molar refractivity (Wildman–Crippen MR) is 58.4 cm³/mol. The molecule has 1 N–H and O–H groups in total. The van der Waals surface area contributed by atoms with E-state index in [0.717, 1.165) is 19.1 Å². The predicted octanol–water partition coefficient (Wildman–Crippen LogP) is 2.19. The Kier molecular flexibility index (Phi) is 3.45. The molecule has 0 radical (unpaired) electrons. The maximum absolute atomic E-state index is 5.71. The van der Waals surface area contributed by atoms with Crippen molar-refractivity contribution >= 4 is 0 Å². The smallest absolute Gasteiger partial charge is 0.0526 e. The third-order valence-electron chi connectivity index (χ3n) is 4.05. The van der Waals surface area contributed by atoms with Crippen molar-refractivity contribution in [1.82, 2.24) is 5.32 Å². The van der Waals surface area contributed by atoms with E-state index >= 15 is 0 Å². The van der Waals surface area contributed by atoms with Crippen LogP contribution in [-0.4, -0.2) is 26.3 Å². The lowest BCUT2D eigenvalue weighted by Crippen LogP contribution is -2.49. The second kappa shape index (κ2) is 4.63. The van der Waals surface area contributed by atoms with Crippen LogP contribution >= 0.6 is 0 Å². The third kappa shape index (κ3) is 1.96. The van der Waals surface area contributed by atoms with Crippen LogP contribution in [0.3, 0.4) is 0 Å². The third-order valence-corrected chi connectivity index (χ3v) is 4.05. The SMILES string of the molecule is CCCC1CNCCC12CCCOC2. The Morgan fingerprint density at radius 2 is 2.36 bits per heavy atom. The monoisotopic (exact) mass is 197 g/mol. The summed E-state index contributed by atoms with van der Waals surface area (Å²) in [6.45, 7) is 6.74. The molecule has 2 heteroatoms. The van der Waals surface area contributed by atoms with E-state index in [1.807, 2.05) is 0 Å². The first-order valence-corrected chi connectivity index (χ1v) is 6.16. The Balaban J connectivity index is 2.02. The average molecular weight is 197 g/mol. The summed E-state index contributed by atoms with van der Waals surface area (Å²) in [7, 11) is 0. The van der Waals surface area contributed by atoms with Gasteiger partial charge in [-0.1, -0.05) is 13.3 Å². The number of piperidine rings is 1. The molecule has 0 bridgehead atoms. The van der Waals surface area contributed by atoms with Crippen molar-refractivity contribution in [1.29, 1.82) is 0 Å². The summed E-state index contributed by atoms with van der Waals surface area (Å²) in [5.41, 5.74) is 0.541. The second-order valence-electron chi connectivity index (χ2n) is 4.96. The van der Waals surface area contributed by atoms with E-state index in [1.54, 1.807) is 0 Å². The van der Waals surface area contributed by atoms with Crippen molar-refractivity contribution in [2.45, 2.75) is 39.0 Å². The average Bonchev–Trinajstić information content (AvgIpc) is 2.23. The lowest BCUT2D eigenvalue weighted by atomic mass is 9.66. The Bertz CT molecular complexity index is 165. The summed E-state index contributed by atoms with van der Waals surface area (Å²) in [6, 6.07) is 0. The normalized spacial score (nSPS) is 38.8. The van der Waals surface area contributed by atoms with Gasteiger partial charge in [0.2, 0.25) is 0 Å². The zero-order valence-corrected chi connectivity index (χ0v) is 9.35. The van der Waals surface area contributed by atoms with Crippen LogP contribution in [0.1, 0.15) is 39.0 Å². The van der Waals surface area contributed by atoms with E-state index in [4.69, 9.17) is 4.74 Å². The molecule has 2 heterocycles. The number of hydrogen-bond donors (Lipinski definition) is 1. The van der Waals surface area contributed by atoms with Gasteiger partial charge in [0.25, 0.3) is 0 Å². The number of hydrogen-bond acceptors (Lipinski definition) is 2. The summed E-state index contributed by atoms with van der Waals surface area (Å²) in [5, 5.41) is 3.54. The number of ether oxygens (including phenoxy) is 1. The highest BCUT2D eigenvalue weighted by atomic mass is 16.5. The minimum Gasteiger partial charge on any atom is -0.381 e. The summed E-state index contributed by atoms with van der Waals surface area (Å²) >= 11 is 0. The fourth-order valence-electron chi connectivity index (χ4n) is 3.18. The van der Waals surface area contributed by atoms with Gasteiger partial charge in [-0.15, -0.1) is 0 Å². The summed E-state index contributed by atoms with van der Waals surface area (Å²) in [5.74, 6) is 0.863. The van der Waals surface area contributed by atoms with E-state index in [1.165, 1.54) is 45.2 Å². The van der Waals surface area contributed by atoms with Crippen LogP contribution in [0, 0.1) is 11.3 Å². The molecule has 0 aromatic rings. The van der Waals surface area contributed by atoms with Crippen LogP contribution in [0.25, 0.3) is 0 Å². The van der Waals surface area contributed by atoms with E-state index < -0.39 is 0 Å². The molecule has 2 aliphatic rings. The zero-order chi connectivity index (χ0) is 9.86. The molecule has 0 aromatic carbocycles. The zero-order valence-electron chi connectivity index (χ0n) is 9.35. The molecule has 0 saturated carbocycles. The maximum atomic E-state index is 5.71. The van der Waals surface area contributed by atoms with Gasteiger partial charge in [-0.05, 0) is 50.1 Å². The van der Waals surface area contributed by atoms with Gasteiger partial charge >= 0.3 is 0 Å². The number of rotatable bonds is 2. The van der Waals surface area contributed by atoms with Crippen LogP contribution in [0.5, 0.6) is 0 Å². The summed E-state index contributed by atoms with van der Waals surface area (Å²) in [6.07, 6.45) is 6.70. The van der Waals surface area contributed by atoms with E-state index in [-0.39, 0.29) is 0 Å². The standard InChI is InChI=1S/C12H23NO/c1-2-4-11-9-13-7-6-12(11)5-3-8-14-10-12/h11,13H,2-10H2,1H3. The van der Waals surface area contributed by atoms with Crippen LogP contribution in [0.2, 0.25) is 0 Å². The highest BCUT2D eigenvalue weighted by Gasteiger charge is 2.41. The van der Waals surface area contributed by atoms with Gasteiger partial charge < -0.3 is 10.1 Å². The second-order valence-corrected chi connectivity index (χ2v) is 4.96. The summed E-state index contributed by atoms with van der Waals surface area (Å²) in [4.78, 5) is 0. The van der Waals surface area contributed by atoms with E-state index in [9.17, 15) is 0 Å². The molecule has 0 aromatic heterocycles. The van der Waals surface area contributed by atoms with Gasteiger partial charge in [-0.25, -0.2) is 0 Å². The highest BCUT2D eigenvalue weighted by molar-refractivity contribution is 4.92. The van der Waals surface area contributed by atoms with Gasteiger partial charge in [0.15, 0.2) is 0 Å². The minimum absolute atomic E-state index is 0.541. The van der Waals surface area contributed by atoms with Gasteiger partial charge in [-0.2, -0.15) is 0 Å². The number of nitrogens with one attached hydrogen (secondary N) is 1. The first kappa shape index (κ1) is 10.4. The molecule has 2 aliphatic heterocycles. The quantitative estimate of drug-likeness (QED) is 0.732. The first-order valence-electron chi connectivity index (χ1n) is 6.16. The Labute approximate surface area is 87.4 Å².